The Kier molecular flexibility index (Phi) is 4.80. The lowest BCUT2D eigenvalue weighted by Gasteiger charge is -2.32. The molecule has 0 amide bonds. The largest absolute Gasteiger partial charge is 0.392 e. The molecule has 2 atom stereocenters. The molecule has 1 heterocycles. The Morgan fingerprint density at radius 1 is 1.38 bits per heavy atom. The Labute approximate surface area is 130 Å². The first kappa shape index (κ1) is 16.5. The number of aryl methyl sites for hydroxylation is 2. The van der Waals surface area contributed by atoms with Gasteiger partial charge in [-0.25, -0.2) is 0 Å². The summed E-state index contributed by atoms with van der Waals surface area (Å²) in [4.78, 5) is 12.4. The summed E-state index contributed by atoms with van der Waals surface area (Å²) >= 11 is 3.35. The van der Waals surface area contributed by atoms with Crippen LogP contribution in [0.5, 0.6) is 0 Å². The van der Waals surface area contributed by atoms with Crippen molar-refractivity contribution in [1.29, 1.82) is 0 Å². The molecule has 1 fully saturated rings. The number of nitrogens with zero attached hydrogens (tertiary/aromatic N) is 2. The second-order valence-corrected chi connectivity index (χ2v) is 6.44. The number of halogens is 4. The van der Waals surface area contributed by atoms with E-state index in [2.05, 4.69) is 21.0 Å². The number of aromatic nitrogens is 2. The van der Waals surface area contributed by atoms with Crippen LogP contribution in [0.2, 0.25) is 0 Å². The van der Waals surface area contributed by atoms with Crippen LogP contribution in [0.15, 0.2) is 4.47 Å². The van der Waals surface area contributed by atoms with Crippen LogP contribution in [-0.2, 0) is 18.3 Å². The van der Waals surface area contributed by atoms with Gasteiger partial charge in [0.2, 0.25) is 0 Å². The van der Waals surface area contributed by atoms with Gasteiger partial charge >= 0.3 is 6.18 Å². The molecule has 7 heteroatoms. The number of carbonyl (C=O) groups excluding carboxylic acids is 1. The number of carbonyl (C=O) groups is 1. The highest BCUT2D eigenvalue weighted by molar-refractivity contribution is 9.10. The van der Waals surface area contributed by atoms with Gasteiger partial charge in [-0.05, 0) is 35.7 Å². The van der Waals surface area contributed by atoms with E-state index < -0.39 is 18.0 Å². The number of ketones is 1. The van der Waals surface area contributed by atoms with E-state index in [1.807, 2.05) is 0 Å². The standard InChI is InChI=1S/C14H18BrF3N2O/c1-8-13(15)11(20(2)19-8)7-12(21)9-5-3-4-6-10(9)14(16,17)18/h9-10H,3-7H2,1-2H3. The molecule has 0 N–H and O–H groups in total. The molecule has 0 radical (unpaired) electrons. The summed E-state index contributed by atoms with van der Waals surface area (Å²) in [5.41, 5.74) is 1.38. The van der Waals surface area contributed by atoms with Gasteiger partial charge in [0, 0.05) is 19.4 Å². The minimum Gasteiger partial charge on any atom is -0.299 e. The first-order chi connectivity index (χ1) is 9.71. The minimum absolute atomic E-state index is 0.00479. The van der Waals surface area contributed by atoms with E-state index in [-0.39, 0.29) is 18.6 Å². The number of Topliss-reactive ketones (excluding diaryl/α,β-unsaturated/α-hetero) is 1. The SMILES string of the molecule is Cc1nn(C)c(CC(=O)C2CCCCC2C(F)(F)F)c1Br. The molecule has 1 aliphatic carbocycles. The molecular weight excluding hydrogens is 349 g/mol. The summed E-state index contributed by atoms with van der Waals surface area (Å²) in [5.74, 6) is -2.74. The third-order valence-electron chi connectivity index (χ3n) is 4.20. The maximum absolute atomic E-state index is 13.1. The lowest BCUT2D eigenvalue weighted by molar-refractivity contribution is -0.197. The van der Waals surface area contributed by atoms with Crippen LogP contribution in [-0.4, -0.2) is 21.7 Å². The summed E-state index contributed by atoms with van der Waals surface area (Å²) in [5, 5.41) is 4.17. The Balaban J connectivity index is 2.18. The maximum atomic E-state index is 13.1. The Hall–Kier alpha value is -0.850. The zero-order valence-corrected chi connectivity index (χ0v) is 13.6. The highest BCUT2D eigenvalue weighted by atomic mass is 79.9. The van der Waals surface area contributed by atoms with Crippen molar-refractivity contribution in [2.24, 2.45) is 18.9 Å². The van der Waals surface area contributed by atoms with Crippen LogP contribution >= 0.6 is 15.9 Å². The van der Waals surface area contributed by atoms with E-state index in [1.165, 1.54) is 0 Å². The van der Waals surface area contributed by atoms with Crippen LogP contribution in [0.4, 0.5) is 13.2 Å². The zero-order valence-electron chi connectivity index (χ0n) is 12.0. The first-order valence-corrected chi connectivity index (χ1v) is 7.78. The fourth-order valence-corrected chi connectivity index (χ4v) is 3.55. The van der Waals surface area contributed by atoms with E-state index in [4.69, 9.17) is 0 Å². The molecule has 0 saturated heterocycles. The smallest absolute Gasteiger partial charge is 0.299 e. The van der Waals surface area contributed by atoms with Crippen molar-refractivity contribution in [2.75, 3.05) is 0 Å². The van der Waals surface area contributed by atoms with E-state index in [9.17, 15) is 18.0 Å². The molecule has 1 aromatic rings. The number of alkyl halides is 3. The van der Waals surface area contributed by atoms with Crippen LogP contribution in [0.25, 0.3) is 0 Å². The van der Waals surface area contributed by atoms with Crippen LogP contribution < -0.4 is 0 Å². The van der Waals surface area contributed by atoms with Gasteiger partial charge in [-0.1, -0.05) is 12.8 Å². The van der Waals surface area contributed by atoms with Gasteiger partial charge in [-0.3, -0.25) is 9.48 Å². The third-order valence-corrected chi connectivity index (χ3v) is 5.23. The molecule has 0 aromatic carbocycles. The molecule has 3 nitrogen and oxygen atoms in total. The summed E-state index contributed by atoms with van der Waals surface area (Å²) in [6.07, 6.45) is -2.67. The van der Waals surface area contributed by atoms with Crippen LogP contribution in [0.3, 0.4) is 0 Å². The quantitative estimate of drug-likeness (QED) is 0.810. The van der Waals surface area contributed by atoms with E-state index >= 15 is 0 Å². The fraction of sp³-hybridized carbons (Fsp3) is 0.714. The molecule has 0 bridgehead atoms. The average molecular weight is 367 g/mol. The van der Waals surface area contributed by atoms with E-state index in [0.29, 0.717) is 29.4 Å². The van der Waals surface area contributed by atoms with Gasteiger partial charge in [0.25, 0.3) is 0 Å². The average Bonchev–Trinajstić information content (AvgIpc) is 2.64. The molecule has 1 aromatic heterocycles. The second-order valence-electron chi connectivity index (χ2n) is 5.65. The number of hydrogen-bond donors (Lipinski definition) is 0. The normalized spacial score (nSPS) is 23.3. The van der Waals surface area contributed by atoms with Crippen LogP contribution in [0.1, 0.15) is 37.1 Å². The molecule has 0 aliphatic heterocycles. The number of hydrogen-bond acceptors (Lipinski definition) is 2. The highest BCUT2D eigenvalue weighted by Crippen LogP contribution is 2.42. The van der Waals surface area contributed by atoms with Crippen molar-refractivity contribution in [1.82, 2.24) is 9.78 Å². The molecule has 1 saturated carbocycles. The summed E-state index contributed by atoms with van der Waals surface area (Å²) in [7, 11) is 1.70. The Bertz CT molecular complexity index is 539. The Morgan fingerprint density at radius 2 is 2.00 bits per heavy atom. The molecular formula is C14H18BrF3N2O. The summed E-state index contributed by atoms with van der Waals surface area (Å²) in [6, 6.07) is 0. The highest BCUT2D eigenvalue weighted by Gasteiger charge is 2.47. The molecule has 1 aliphatic rings. The van der Waals surface area contributed by atoms with Gasteiger partial charge in [0.05, 0.1) is 21.8 Å². The van der Waals surface area contributed by atoms with Gasteiger partial charge in [0.15, 0.2) is 0 Å². The fourth-order valence-electron chi connectivity index (χ4n) is 3.08. The van der Waals surface area contributed by atoms with Gasteiger partial charge in [0.1, 0.15) is 5.78 Å². The van der Waals surface area contributed by atoms with Crippen LogP contribution in [0, 0.1) is 18.8 Å². The van der Waals surface area contributed by atoms with Crippen molar-refractivity contribution in [3.8, 4) is 0 Å². The van der Waals surface area contributed by atoms with Gasteiger partial charge in [-0.2, -0.15) is 18.3 Å². The van der Waals surface area contributed by atoms with Crippen molar-refractivity contribution >= 4 is 21.7 Å². The predicted molar refractivity (Wildman–Crippen MR) is 75.9 cm³/mol. The summed E-state index contributed by atoms with van der Waals surface area (Å²) < 4.78 is 41.5. The monoisotopic (exact) mass is 366 g/mol. The molecule has 2 unspecified atom stereocenters. The minimum atomic E-state index is -4.29. The topological polar surface area (TPSA) is 34.9 Å². The van der Waals surface area contributed by atoms with Gasteiger partial charge < -0.3 is 0 Å². The van der Waals surface area contributed by atoms with Gasteiger partial charge in [-0.15, -0.1) is 0 Å². The lowest BCUT2D eigenvalue weighted by atomic mass is 9.75. The number of rotatable bonds is 3. The van der Waals surface area contributed by atoms with E-state index in [1.54, 1.807) is 18.7 Å². The predicted octanol–water partition coefficient (Wildman–Crippen LogP) is 3.97. The molecule has 2 rings (SSSR count). The first-order valence-electron chi connectivity index (χ1n) is 6.99. The lowest BCUT2D eigenvalue weighted by Crippen LogP contribution is -2.38. The van der Waals surface area contributed by atoms with E-state index in [0.717, 1.165) is 5.69 Å². The second kappa shape index (κ2) is 6.10. The third kappa shape index (κ3) is 3.49. The molecule has 0 spiro atoms. The zero-order chi connectivity index (χ0) is 15.8. The van der Waals surface area contributed by atoms with Crippen molar-refractivity contribution in [2.45, 2.75) is 45.2 Å². The Morgan fingerprint density at radius 3 is 2.52 bits per heavy atom. The van der Waals surface area contributed by atoms with Crippen molar-refractivity contribution in [3.63, 3.8) is 0 Å². The summed E-state index contributed by atoms with van der Waals surface area (Å²) in [6.45, 7) is 1.79. The molecule has 118 valence electrons. The maximum Gasteiger partial charge on any atom is 0.392 e. The molecule has 21 heavy (non-hydrogen) atoms. The van der Waals surface area contributed by atoms with Crippen molar-refractivity contribution < 1.29 is 18.0 Å². The van der Waals surface area contributed by atoms with Crippen molar-refractivity contribution in [3.05, 3.63) is 15.9 Å².